The highest BCUT2D eigenvalue weighted by Gasteiger charge is 2.00. The molecule has 0 aliphatic rings. The fourth-order valence-electron chi connectivity index (χ4n) is 0.739. The van der Waals surface area contributed by atoms with Gasteiger partial charge in [0.05, 0.1) is 3.57 Å². The van der Waals surface area contributed by atoms with Gasteiger partial charge < -0.3 is 0 Å². The molecule has 0 N–H and O–H groups in total. The van der Waals surface area contributed by atoms with Crippen molar-refractivity contribution in [2.45, 2.75) is 0 Å². The molecule has 0 unspecified atom stereocenters. The van der Waals surface area contributed by atoms with Crippen molar-refractivity contribution in [3.8, 4) is 0 Å². The van der Waals surface area contributed by atoms with Crippen molar-refractivity contribution in [1.29, 1.82) is 0 Å². The third kappa shape index (κ3) is 0.911. The first-order valence-corrected chi connectivity index (χ1v) is 4.67. The van der Waals surface area contributed by atoms with Crippen LogP contribution in [-0.2, 0) is 0 Å². The minimum absolute atomic E-state index is 1.02. The standard InChI is InChI=1S/C6H3IN2S/c7-4-3-10-6-5(4)8-1-2-9-6/h1-3H. The summed E-state index contributed by atoms with van der Waals surface area (Å²) in [5.41, 5.74) is 1.02. The molecule has 0 aromatic carbocycles. The number of fused-ring (bicyclic) bond motifs is 1. The zero-order chi connectivity index (χ0) is 6.97. The highest BCUT2D eigenvalue weighted by atomic mass is 127. The summed E-state index contributed by atoms with van der Waals surface area (Å²) in [5.74, 6) is 0. The Hall–Kier alpha value is -0.230. The van der Waals surface area contributed by atoms with Crippen LogP contribution in [0.4, 0.5) is 0 Å². The second-order valence-corrected chi connectivity index (χ2v) is 3.81. The maximum absolute atomic E-state index is 4.18. The maximum atomic E-state index is 4.18. The fourth-order valence-corrected chi connectivity index (χ4v) is 2.42. The maximum Gasteiger partial charge on any atom is 0.142 e. The molecule has 0 radical (unpaired) electrons. The molecule has 0 amide bonds. The first kappa shape index (κ1) is 6.48. The summed E-state index contributed by atoms with van der Waals surface area (Å²) >= 11 is 3.89. The van der Waals surface area contributed by atoms with E-state index in [0.29, 0.717) is 0 Å². The monoisotopic (exact) mass is 262 g/mol. The lowest BCUT2D eigenvalue weighted by atomic mass is 10.5. The lowest BCUT2D eigenvalue weighted by Gasteiger charge is -1.84. The molecule has 2 heterocycles. The molecule has 4 heteroatoms. The molecular weight excluding hydrogens is 259 g/mol. The summed E-state index contributed by atoms with van der Waals surface area (Å²) in [6.07, 6.45) is 3.44. The summed E-state index contributed by atoms with van der Waals surface area (Å²) in [6, 6.07) is 0. The molecule has 50 valence electrons. The van der Waals surface area contributed by atoms with Crippen LogP contribution >= 0.6 is 33.9 Å². The van der Waals surface area contributed by atoms with Gasteiger partial charge in [0.2, 0.25) is 0 Å². The van der Waals surface area contributed by atoms with Crippen molar-refractivity contribution in [2.24, 2.45) is 0 Å². The van der Waals surface area contributed by atoms with Crippen LogP contribution in [0.1, 0.15) is 0 Å². The van der Waals surface area contributed by atoms with Crippen LogP contribution in [-0.4, -0.2) is 9.97 Å². The molecular formula is C6H3IN2S. The van der Waals surface area contributed by atoms with E-state index >= 15 is 0 Å². The van der Waals surface area contributed by atoms with Crippen LogP contribution in [0, 0.1) is 3.57 Å². The first-order chi connectivity index (χ1) is 4.88. The van der Waals surface area contributed by atoms with E-state index in [9.17, 15) is 0 Å². The summed E-state index contributed by atoms with van der Waals surface area (Å²) in [7, 11) is 0. The first-order valence-electron chi connectivity index (χ1n) is 2.71. The van der Waals surface area contributed by atoms with Crippen molar-refractivity contribution >= 4 is 44.3 Å². The van der Waals surface area contributed by atoms with E-state index in [-0.39, 0.29) is 0 Å². The van der Waals surface area contributed by atoms with Crippen molar-refractivity contribution in [2.75, 3.05) is 0 Å². The van der Waals surface area contributed by atoms with E-state index in [1.54, 1.807) is 23.7 Å². The molecule has 0 aliphatic heterocycles. The van der Waals surface area contributed by atoms with Crippen LogP contribution in [0.5, 0.6) is 0 Å². The molecule has 0 saturated carbocycles. The van der Waals surface area contributed by atoms with Crippen LogP contribution in [0.15, 0.2) is 17.8 Å². The Morgan fingerprint density at radius 1 is 1.30 bits per heavy atom. The Bertz CT molecular complexity index is 357. The van der Waals surface area contributed by atoms with E-state index < -0.39 is 0 Å². The zero-order valence-electron chi connectivity index (χ0n) is 4.91. The van der Waals surface area contributed by atoms with Gasteiger partial charge >= 0.3 is 0 Å². The molecule has 2 rings (SSSR count). The second kappa shape index (κ2) is 2.43. The topological polar surface area (TPSA) is 25.8 Å². The van der Waals surface area contributed by atoms with Gasteiger partial charge in [-0.3, -0.25) is 4.98 Å². The average Bonchev–Trinajstić information content (AvgIpc) is 2.34. The Balaban J connectivity index is 2.93. The summed E-state index contributed by atoms with van der Waals surface area (Å²) in [4.78, 5) is 9.35. The van der Waals surface area contributed by atoms with Crippen molar-refractivity contribution < 1.29 is 0 Å². The van der Waals surface area contributed by atoms with Crippen molar-refractivity contribution in [1.82, 2.24) is 9.97 Å². The van der Waals surface area contributed by atoms with Gasteiger partial charge in [-0.15, -0.1) is 11.3 Å². The zero-order valence-corrected chi connectivity index (χ0v) is 7.89. The summed E-state index contributed by atoms with van der Waals surface area (Å²) < 4.78 is 1.19. The van der Waals surface area contributed by atoms with E-state index in [4.69, 9.17) is 0 Å². The molecule has 2 aromatic heterocycles. The minimum Gasteiger partial charge on any atom is -0.251 e. The fraction of sp³-hybridized carbons (Fsp3) is 0. The Labute approximate surface area is 75.5 Å². The second-order valence-electron chi connectivity index (χ2n) is 1.79. The van der Waals surface area contributed by atoms with Crippen molar-refractivity contribution in [3.63, 3.8) is 0 Å². The van der Waals surface area contributed by atoms with Crippen LogP contribution in [0.3, 0.4) is 0 Å². The third-order valence-corrected chi connectivity index (χ3v) is 3.29. The number of nitrogens with zero attached hydrogens (tertiary/aromatic N) is 2. The lowest BCUT2D eigenvalue weighted by Crippen LogP contribution is -1.75. The van der Waals surface area contributed by atoms with Gasteiger partial charge in [0.1, 0.15) is 10.3 Å². The molecule has 0 aliphatic carbocycles. The number of halogens is 1. The Morgan fingerprint density at radius 3 is 2.90 bits per heavy atom. The molecule has 0 spiro atoms. The Morgan fingerprint density at radius 2 is 2.10 bits per heavy atom. The predicted molar refractivity (Wildman–Crippen MR) is 50.1 cm³/mol. The normalized spacial score (nSPS) is 10.5. The highest BCUT2D eigenvalue weighted by Crippen LogP contribution is 2.22. The van der Waals surface area contributed by atoms with E-state index in [1.165, 1.54) is 3.57 Å². The number of hydrogen-bond acceptors (Lipinski definition) is 3. The van der Waals surface area contributed by atoms with Gasteiger partial charge in [0, 0.05) is 17.8 Å². The molecule has 0 bridgehead atoms. The lowest BCUT2D eigenvalue weighted by molar-refractivity contribution is 1.31. The van der Waals surface area contributed by atoms with Gasteiger partial charge in [-0.1, -0.05) is 0 Å². The smallest absolute Gasteiger partial charge is 0.142 e. The Kier molecular flexibility index (Phi) is 1.57. The van der Waals surface area contributed by atoms with E-state index in [0.717, 1.165) is 10.3 Å². The molecule has 0 saturated heterocycles. The summed E-state index contributed by atoms with van der Waals surface area (Å²) in [5, 5.41) is 2.06. The van der Waals surface area contributed by atoms with Crippen molar-refractivity contribution in [3.05, 3.63) is 21.3 Å². The van der Waals surface area contributed by atoms with Gasteiger partial charge in [-0.05, 0) is 22.6 Å². The third-order valence-electron chi connectivity index (χ3n) is 1.16. The van der Waals surface area contributed by atoms with Crippen LogP contribution in [0.2, 0.25) is 0 Å². The largest absolute Gasteiger partial charge is 0.251 e. The number of rotatable bonds is 0. The molecule has 0 atom stereocenters. The molecule has 10 heavy (non-hydrogen) atoms. The minimum atomic E-state index is 1.02. The van der Waals surface area contributed by atoms with E-state index in [2.05, 4.69) is 37.9 Å². The number of aromatic nitrogens is 2. The van der Waals surface area contributed by atoms with Gasteiger partial charge in [-0.25, -0.2) is 4.98 Å². The average molecular weight is 262 g/mol. The van der Waals surface area contributed by atoms with Crippen LogP contribution in [0.25, 0.3) is 10.3 Å². The van der Waals surface area contributed by atoms with Gasteiger partial charge in [-0.2, -0.15) is 0 Å². The molecule has 2 nitrogen and oxygen atoms in total. The molecule has 2 aromatic rings. The number of thiophene rings is 1. The van der Waals surface area contributed by atoms with Gasteiger partial charge in [0.15, 0.2) is 0 Å². The number of hydrogen-bond donors (Lipinski definition) is 0. The summed E-state index contributed by atoms with van der Waals surface area (Å²) in [6.45, 7) is 0. The van der Waals surface area contributed by atoms with E-state index in [1.807, 2.05) is 0 Å². The SMILES string of the molecule is Ic1csc2nccnc12. The molecule has 0 fully saturated rings. The highest BCUT2D eigenvalue weighted by molar-refractivity contribution is 14.1. The predicted octanol–water partition coefficient (Wildman–Crippen LogP) is 2.30. The van der Waals surface area contributed by atoms with Crippen LogP contribution < -0.4 is 0 Å². The van der Waals surface area contributed by atoms with Gasteiger partial charge in [0.25, 0.3) is 0 Å². The quantitative estimate of drug-likeness (QED) is 0.681.